The van der Waals surface area contributed by atoms with Gasteiger partial charge in [0.2, 0.25) is 11.8 Å². The molecule has 1 saturated carbocycles. The van der Waals surface area contributed by atoms with E-state index in [4.69, 9.17) is 4.42 Å². The SMILES string of the molecule is CC(=O)C1=C(C)N(c2cccc(C(F)(F)F)c2)C(=O)C(C(=O)N(Cc2ccoc2)C2CCCCC2)C1C1=CC=C(C#N)C(C)C1. The number of furan rings is 1. The largest absolute Gasteiger partial charge is 0.472 e. The van der Waals surface area contributed by atoms with E-state index in [2.05, 4.69) is 6.07 Å². The Hall–Kier alpha value is -4.39. The third-order valence-corrected chi connectivity index (χ3v) is 9.24. The molecule has 7 nitrogen and oxygen atoms in total. The van der Waals surface area contributed by atoms with Crippen LogP contribution in [-0.4, -0.2) is 28.5 Å². The molecule has 0 spiro atoms. The number of amides is 2. The summed E-state index contributed by atoms with van der Waals surface area (Å²) in [5.41, 5.74) is 1.31. The Balaban J connectivity index is 1.70. The maximum atomic E-state index is 14.9. The fourth-order valence-corrected chi connectivity index (χ4v) is 7.03. The average Bonchev–Trinajstić information content (AvgIpc) is 3.53. The van der Waals surface area contributed by atoms with Crippen LogP contribution in [0.25, 0.3) is 0 Å². The molecule has 0 saturated heterocycles. The number of halogens is 3. The Morgan fingerprint density at radius 3 is 2.47 bits per heavy atom. The predicted molar refractivity (Wildman–Crippen MR) is 161 cm³/mol. The van der Waals surface area contributed by atoms with E-state index in [0.29, 0.717) is 17.6 Å². The first kappa shape index (κ1) is 32.0. The van der Waals surface area contributed by atoms with Crippen molar-refractivity contribution in [3.05, 3.63) is 88.6 Å². The zero-order valence-electron chi connectivity index (χ0n) is 25.6. The van der Waals surface area contributed by atoms with Gasteiger partial charge in [0.05, 0.1) is 24.2 Å². The highest BCUT2D eigenvalue weighted by Crippen LogP contribution is 2.45. The highest BCUT2D eigenvalue weighted by Gasteiger charge is 2.50. The maximum absolute atomic E-state index is 14.9. The van der Waals surface area contributed by atoms with E-state index in [1.165, 1.54) is 32.2 Å². The zero-order chi connectivity index (χ0) is 32.5. The van der Waals surface area contributed by atoms with Crippen molar-refractivity contribution in [3.8, 4) is 6.07 Å². The van der Waals surface area contributed by atoms with E-state index in [9.17, 15) is 32.8 Å². The standard InChI is InChI=1S/C35H36F3N3O4/c1-21-16-25(12-13-26(21)18-39)31-30(23(3)42)22(2)41(29-11-7-8-27(17-29)35(36,37)38)34(44)32(31)33(43)40(19-24-14-15-45-20-24)28-9-5-4-6-10-28/h7-8,11-15,17,20-21,28,31-32H,4-6,9-10,16,19H2,1-3H3. The number of alkyl halides is 3. The number of ketones is 1. The average molecular weight is 620 g/mol. The number of benzene rings is 1. The molecule has 1 aliphatic heterocycles. The van der Waals surface area contributed by atoms with Gasteiger partial charge in [-0.2, -0.15) is 18.4 Å². The summed E-state index contributed by atoms with van der Waals surface area (Å²) in [7, 11) is 0. The molecule has 2 aliphatic carbocycles. The Bertz CT molecular complexity index is 1610. The lowest BCUT2D eigenvalue weighted by Crippen LogP contribution is -2.55. The van der Waals surface area contributed by atoms with E-state index in [1.807, 2.05) is 6.92 Å². The van der Waals surface area contributed by atoms with Crippen molar-refractivity contribution < 1.29 is 32.0 Å². The van der Waals surface area contributed by atoms with E-state index in [1.54, 1.807) is 29.4 Å². The molecule has 1 aromatic heterocycles. The third-order valence-electron chi connectivity index (χ3n) is 9.24. The molecule has 0 radical (unpaired) electrons. The quantitative estimate of drug-likeness (QED) is 0.299. The second-order valence-electron chi connectivity index (χ2n) is 12.2. The van der Waals surface area contributed by atoms with Crippen molar-refractivity contribution in [1.29, 1.82) is 5.26 Å². The predicted octanol–water partition coefficient (Wildman–Crippen LogP) is 7.52. The molecule has 45 heavy (non-hydrogen) atoms. The van der Waals surface area contributed by atoms with Gasteiger partial charge in [-0.15, -0.1) is 0 Å². The molecule has 1 aromatic carbocycles. The highest BCUT2D eigenvalue weighted by molar-refractivity contribution is 6.14. The molecule has 236 valence electrons. The van der Waals surface area contributed by atoms with E-state index in [-0.39, 0.29) is 41.2 Å². The van der Waals surface area contributed by atoms with E-state index < -0.39 is 35.4 Å². The topological polar surface area (TPSA) is 94.6 Å². The summed E-state index contributed by atoms with van der Waals surface area (Å²) in [5, 5.41) is 9.58. The number of hydrogen-bond donors (Lipinski definition) is 0. The molecule has 2 aromatic rings. The Morgan fingerprint density at radius 1 is 1.13 bits per heavy atom. The monoisotopic (exact) mass is 619 g/mol. The van der Waals surface area contributed by atoms with Crippen LogP contribution in [0.3, 0.4) is 0 Å². The molecule has 0 N–H and O–H groups in total. The number of nitriles is 1. The Labute approximate surface area is 260 Å². The lowest BCUT2D eigenvalue weighted by Gasteiger charge is -2.44. The number of anilines is 1. The van der Waals surface area contributed by atoms with Crippen LogP contribution in [0.15, 0.2) is 81.8 Å². The fourth-order valence-electron chi connectivity index (χ4n) is 7.03. The van der Waals surface area contributed by atoms with Crippen molar-refractivity contribution >= 4 is 23.3 Å². The molecule has 10 heteroatoms. The number of allylic oxidation sites excluding steroid dienone is 6. The van der Waals surface area contributed by atoms with Gasteiger partial charge in [-0.3, -0.25) is 19.3 Å². The van der Waals surface area contributed by atoms with Gasteiger partial charge in [0.1, 0.15) is 5.92 Å². The fraction of sp³-hybridized carbons (Fsp3) is 0.429. The summed E-state index contributed by atoms with van der Waals surface area (Å²) in [4.78, 5) is 45.9. The first-order valence-electron chi connectivity index (χ1n) is 15.3. The molecular weight excluding hydrogens is 583 g/mol. The number of hydrogen-bond acceptors (Lipinski definition) is 5. The second-order valence-corrected chi connectivity index (χ2v) is 12.2. The Morgan fingerprint density at radius 2 is 1.87 bits per heavy atom. The van der Waals surface area contributed by atoms with Crippen molar-refractivity contribution in [2.75, 3.05) is 4.90 Å². The van der Waals surface area contributed by atoms with Crippen LogP contribution in [0, 0.1) is 29.1 Å². The van der Waals surface area contributed by atoms with Gasteiger partial charge in [0.25, 0.3) is 0 Å². The normalized spacial score (nSPS) is 22.9. The Kier molecular flexibility index (Phi) is 9.19. The molecule has 3 aliphatic rings. The summed E-state index contributed by atoms with van der Waals surface area (Å²) in [6, 6.07) is 8.15. The van der Waals surface area contributed by atoms with Crippen LogP contribution in [0.4, 0.5) is 18.9 Å². The summed E-state index contributed by atoms with van der Waals surface area (Å²) in [5.74, 6) is -4.13. The number of rotatable bonds is 7. The van der Waals surface area contributed by atoms with E-state index >= 15 is 0 Å². The van der Waals surface area contributed by atoms with Crippen LogP contribution >= 0.6 is 0 Å². The lowest BCUT2D eigenvalue weighted by molar-refractivity contribution is -0.146. The van der Waals surface area contributed by atoms with Gasteiger partial charge in [-0.25, -0.2) is 0 Å². The molecule has 3 atom stereocenters. The minimum absolute atomic E-state index is 0.0703. The van der Waals surface area contributed by atoms with Crippen LogP contribution in [0.2, 0.25) is 0 Å². The van der Waals surface area contributed by atoms with Crippen LogP contribution in [0.1, 0.15) is 70.4 Å². The zero-order valence-corrected chi connectivity index (χ0v) is 25.6. The van der Waals surface area contributed by atoms with Gasteiger partial charge in [-0.05, 0) is 69.4 Å². The molecule has 3 unspecified atom stereocenters. The first-order chi connectivity index (χ1) is 21.4. The van der Waals surface area contributed by atoms with Gasteiger partial charge in [0.15, 0.2) is 5.78 Å². The number of Topliss-reactive ketones (excluding diaryl/α,β-unsaturated/α-hetero) is 1. The first-order valence-corrected chi connectivity index (χ1v) is 15.3. The third kappa shape index (κ3) is 6.39. The molecular formula is C35H36F3N3O4. The highest BCUT2D eigenvalue weighted by atomic mass is 19.4. The molecule has 0 bridgehead atoms. The minimum atomic E-state index is -4.66. The summed E-state index contributed by atoms with van der Waals surface area (Å²) < 4.78 is 46.6. The van der Waals surface area contributed by atoms with Crippen molar-refractivity contribution in [1.82, 2.24) is 4.90 Å². The van der Waals surface area contributed by atoms with Gasteiger partial charge in [-0.1, -0.05) is 43.9 Å². The molecule has 2 heterocycles. The minimum Gasteiger partial charge on any atom is -0.472 e. The van der Waals surface area contributed by atoms with Crippen molar-refractivity contribution in [3.63, 3.8) is 0 Å². The van der Waals surface area contributed by atoms with Crippen LogP contribution < -0.4 is 4.90 Å². The lowest BCUT2D eigenvalue weighted by atomic mass is 9.70. The van der Waals surface area contributed by atoms with Gasteiger partial charge in [0, 0.05) is 46.6 Å². The summed E-state index contributed by atoms with van der Waals surface area (Å²) in [6.45, 7) is 4.94. The van der Waals surface area contributed by atoms with E-state index in [0.717, 1.165) is 54.7 Å². The maximum Gasteiger partial charge on any atom is 0.416 e. The van der Waals surface area contributed by atoms with Crippen LogP contribution in [0.5, 0.6) is 0 Å². The molecule has 1 fully saturated rings. The number of nitrogens with zero attached hydrogens (tertiary/aromatic N) is 3. The molecule has 2 amide bonds. The van der Waals surface area contributed by atoms with Gasteiger partial charge < -0.3 is 9.32 Å². The summed E-state index contributed by atoms with van der Waals surface area (Å²) in [6.07, 6.45) is 6.47. The van der Waals surface area contributed by atoms with Crippen molar-refractivity contribution in [2.24, 2.45) is 17.8 Å². The summed E-state index contributed by atoms with van der Waals surface area (Å²) >= 11 is 0. The number of carbonyl (C=O) groups is 3. The molecule has 5 rings (SSSR count). The number of carbonyl (C=O) groups excluding carboxylic acids is 3. The second kappa shape index (κ2) is 12.9. The van der Waals surface area contributed by atoms with Crippen LogP contribution in [-0.2, 0) is 27.1 Å². The van der Waals surface area contributed by atoms with Gasteiger partial charge >= 0.3 is 6.18 Å². The van der Waals surface area contributed by atoms with Crippen molar-refractivity contribution in [2.45, 2.75) is 78.1 Å². The smallest absolute Gasteiger partial charge is 0.416 e.